The minimum atomic E-state index is -1.98. The van der Waals surface area contributed by atoms with E-state index in [1.165, 1.54) is 5.56 Å². The van der Waals surface area contributed by atoms with Gasteiger partial charge in [-0.1, -0.05) is 39.8 Å². The van der Waals surface area contributed by atoms with E-state index in [0.29, 0.717) is 11.2 Å². The largest absolute Gasteiger partial charge is 0.387 e. The van der Waals surface area contributed by atoms with E-state index >= 15 is 0 Å². The molecule has 1 aliphatic heterocycles. The molecule has 0 aromatic heterocycles. The van der Waals surface area contributed by atoms with Crippen LogP contribution in [0.1, 0.15) is 39.7 Å². The molecule has 0 bridgehead atoms. The van der Waals surface area contributed by atoms with Crippen LogP contribution in [-0.2, 0) is 4.53 Å². The summed E-state index contributed by atoms with van der Waals surface area (Å²) < 4.78 is 7.10. The molecular weight excluding hydrogens is 290 g/mol. The molecule has 2 unspecified atom stereocenters. The van der Waals surface area contributed by atoms with E-state index < -0.39 is 8.32 Å². The minimum Gasteiger partial charge on any atom is -0.387 e. The molecule has 0 aliphatic carbocycles. The van der Waals surface area contributed by atoms with Gasteiger partial charge >= 0.3 is 0 Å². The fourth-order valence-corrected chi connectivity index (χ4v) is 3.84. The lowest BCUT2D eigenvalue weighted by Gasteiger charge is -2.42. The van der Waals surface area contributed by atoms with Crippen LogP contribution in [0.3, 0.4) is 0 Å². The van der Waals surface area contributed by atoms with Crippen LogP contribution in [0.5, 0.6) is 0 Å². The van der Waals surface area contributed by atoms with Crippen molar-refractivity contribution in [2.75, 3.05) is 6.54 Å². The van der Waals surface area contributed by atoms with Crippen molar-refractivity contribution >= 4 is 20.1 Å². The van der Waals surface area contributed by atoms with Crippen LogP contribution in [0.2, 0.25) is 18.1 Å². The molecule has 2 atom stereocenters. The fourth-order valence-electron chi connectivity index (χ4n) is 2.52. The lowest BCUT2D eigenvalue weighted by atomic mass is 10.2. The van der Waals surface area contributed by atoms with Crippen molar-refractivity contribution in [1.82, 2.24) is 4.65 Å². The molecule has 1 aromatic rings. The summed E-state index contributed by atoms with van der Waals surface area (Å²) in [5, 5.41) is 10.4. The third kappa shape index (κ3) is 3.20. The molecule has 0 amide bonds. The lowest BCUT2D eigenvalue weighted by molar-refractivity contribution is -0.0434. The molecule has 1 N–H and O–H groups in total. The summed E-state index contributed by atoms with van der Waals surface area (Å²) in [4.78, 5) is 0. The summed E-state index contributed by atoms with van der Waals surface area (Å²) >= 11 is 0. The molecule has 1 heterocycles. The van der Waals surface area contributed by atoms with Gasteiger partial charge in [0.15, 0.2) is 5.69 Å². The van der Waals surface area contributed by atoms with Crippen LogP contribution in [-0.4, -0.2) is 26.1 Å². The first-order chi connectivity index (χ1) is 10.1. The van der Waals surface area contributed by atoms with Gasteiger partial charge in [0, 0.05) is 17.7 Å². The average Bonchev–Trinajstić information content (AvgIpc) is 2.76. The minimum absolute atomic E-state index is 0.126. The van der Waals surface area contributed by atoms with Gasteiger partial charge in [-0.2, -0.15) is 0 Å². The van der Waals surface area contributed by atoms with Crippen LogP contribution in [0.15, 0.2) is 30.5 Å². The summed E-state index contributed by atoms with van der Waals surface area (Å²) in [6, 6.07) is 8.32. The van der Waals surface area contributed by atoms with Crippen LogP contribution < -0.4 is 4.65 Å². The summed E-state index contributed by atoms with van der Waals surface area (Å²) in [6.45, 7) is 13.9. The van der Waals surface area contributed by atoms with Gasteiger partial charge in [0.25, 0.3) is 8.32 Å². The van der Waals surface area contributed by atoms with Gasteiger partial charge in [0.2, 0.25) is 0 Å². The van der Waals surface area contributed by atoms with Crippen molar-refractivity contribution < 1.29 is 9.63 Å². The summed E-state index contributed by atoms with van der Waals surface area (Å²) in [5.41, 5.74) is 2.32. The van der Waals surface area contributed by atoms with Crippen molar-refractivity contribution in [3.63, 3.8) is 0 Å². The SMILES string of the molecule is CCC(O)C[N+]1(O[Si](C)(C)C(C)(C)C)C=Cc2ccccc21. The standard InChI is InChI=1S/C18H30NO2Si/c1-7-16(20)14-19(21-22(5,6)18(2,3)4)13-12-15-10-8-9-11-17(15)19/h8-13,16,20H,7,14H2,1-6H3/q+1. The van der Waals surface area contributed by atoms with Crippen LogP contribution >= 0.6 is 0 Å². The second-order valence-electron chi connectivity index (χ2n) is 7.77. The van der Waals surface area contributed by atoms with E-state index in [1.54, 1.807) is 0 Å². The molecular formula is C18H30NO2Si+. The highest BCUT2D eigenvalue weighted by atomic mass is 28.4. The normalized spacial score (nSPS) is 22.7. The van der Waals surface area contributed by atoms with Crippen LogP contribution in [0, 0.1) is 0 Å². The lowest BCUT2D eigenvalue weighted by Crippen LogP contribution is -2.57. The Hall–Kier alpha value is -0.943. The number of hydroxylamine groups is 2. The molecule has 4 heteroatoms. The van der Waals surface area contributed by atoms with Gasteiger partial charge in [-0.3, -0.25) is 0 Å². The van der Waals surface area contributed by atoms with Crippen molar-refractivity contribution in [3.8, 4) is 0 Å². The van der Waals surface area contributed by atoms with Gasteiger partial charge in [-0.15, -0.1) is 4.65 Å². The maximum atomic E-state index is 10.3. The van der Waals surface area contributed by atoms with Gasteiger partial charge < -0.3 is 5.11 Å². The van der Waals surface area contributed by atoms with E-state index in [4.69, 9.17) is 4.53 Å². The first kappa shape index (κ1) is 17.4. The molecule has 0 saturated carbocycles. The Labute approximate surface area is 135 Å². The molecule has 0 saturated heterocycles. The Balaban J connectivity index is 2.44. The number of rotatable bonds is 5. The zero-order valence-electron chi connectivity index (χ0n) is 14.8. The second kappa shape index (κ2) is 5.93. The van der Waals surface area contributed by atoms with Gasteiger partial charge in [0.05, 0.1) is 0 Å². The van der Waals surface area contributed by atoms with Crippen molar-refractivity contribution in [1.29, 1.82) is 0 Å². The predicted octanol–water partition coefficient (Wildman–Crippen LogP) is 4.69. The van der Waals surface area contributed by atoms with Crippen LogP contribution in [0.4, 0.5) is 5.69 Å². The molecule has 2 rings (SSSR count). The van der Waals surface area contributed by atoms with Crippen molar-refractivity contribution in [2.45, 2.75) is 58.4 Å². The maximum absolute atomic E-state index is 10.3. The smallest absolute Gasteiger partial charge is 0.272 e. The van der Waals surface area contributed by atoms with Gasteiger partial charge in [-0.05, 0) is 30.6 Å². The molecule has 3 nitrogen and oxygen atoms in total. The Morgan fingerprint density at radius 2 is 1.86 bits per heavy atom. The Kier molecular flexibility index (Phi) is 4.69. The Bertz CT molecular complexity index is 562. The molecule has 1 aromatic carbocycles. The second-order valence-corrected chi connectivity index (χ2v) is 12.5. The van der Waals surface area contributed by atoms with E-state index in [0.717, 1.165) is 12.1 Å². The molecule has 22 heavy (non-hydrogen) atoms. The quantitative estimate of drug-likeness (QED) is 0.630. The Morgan fingerprint density at radius 1 is 1.23 bits per heavy atom. The maximum Gasteiger partial charge on any atom is 0.272 e. The average molecular weight is 321 g/mol. The molecule has 0 fully saturated rings. The highest BCUT2D eigenvalue weighted by Crippen LogP contribution is 2.44. The number of aliphatic hydroxyl groups excluding tert-OH is 1. The number of nitrogens with zero attached hydrogens (tertiary/aromatic N) is 1. The van der Waals surface area contributed by atoms with E-state index in [9.17, 15) is 5.11 Å². The third-order valence-corrected chi connectivity index (χ3v) is 9.38. The number of benzene rings is 1. The van der Waals surface area contributed by atoms with E-state index in [2.05, 4.69) is 58.3 Å². The zero-order valence-corrected chi connectivity index (χ0v) is 15.8. The number of quaternary nitrogens is 1. The number of hydrogen-bond acceptors (Lipinski definition) is 2. The highest BCUT2D eigenvalue weighted by Gasteiger charge is 2.49. The van der Waals surface area contributed by atoms with E-state index in [-0.39, 0.29) is 11.1 Å². The first-order valence-electron chi connectivity index (χ1n) is 8.17. The van der Waals surface area contributed by atoms with Crippen molar-refractivity contribution in [2.24, 2.45) is 0 Å². The van der Waals surface area contributed by atoms with Crippen LogP contribution in [0.25, 0.3) is 6.08 Å². The third-order valence-electron chi connectivity index (χ3n) is 4.99. The molecule has 1 aliphatic rings. The van der Waals surface area contributed by atoms with Gasteiger partial charge in [-0.25, -0.2) is 4.53 Å². The summed E-state index contributed by atoms with van der Waals surface area (Å²) in [6.07, 6.45) is 4.58. The topological polar surface area (TPSA) is 29.5 Å². The number of hydrogen-bond donors (Lipinski definition) is 1. The zero-order chi connectivity index (χ0) is 16.6. The highest BCUT2D eigenvalue weighted by molar-refractivity contribution is 6.74. The summed E-state index contributed by atoms with van der Waals surface area (Å²) in [7, 11) is -1.98. The van der Waals surface area contributed by atoms with E-state index in [1.807, 2.05) is 19.1 Å². The molecule has 0 radical (unpaired) electrons. The number of aliphatic hydroxyl groups is 1. The fraction of sp³-hybridized carbons (Fsp3) is 0.556. The first-order valence-corrected chi connectivity index (χ1v) is 11.1. The monoisotopic (exact) mass is 320 g/mol. The predicted molar refractivity (Wildman–Crippen MR) is 96.7 cm³/mol. The summed E-state index contributed by atoms with van der Waals surface area (Å²) in [5.74, 6) is 0. The molecule has 0 spiro atoms. The number of para-hydroxylation sites is 1. The van der Waals surface area contributed by atoms with Gasteiger partial charge in [0.1, 0.15) is 18.8 Å². The molecule has 122 valence electrons. The number of fused-ring (bicyclic) bond motifs is 1. The van der Waals surface area contributed by atoms with Crippen molar-refractivity contribution in [3.05, 3.63) is 36.0 Å². The Morgan fingerprint density at radius 3 is 2.45 bits per heavy atom.